The number of nitrogens with zero attached hydrogens (tertiary/aromatic N) is 1. The third-order valence-electron chi connectivity index (χ3n) is 2.85. The van der Waals surface area contributed by atoms with E-state index in [1.165, 1.54) is 11.3 Å². The van der Waals surface area contributed by atoms with Gasteiger partial charge in [-0.15, -0.1) is 11.3 Å². The van der Waals surface area contributed by atoms with Crippen LogP contribution in [0.4, 0.5) is 0 Å². The van der Waals surface area contributed by atoms with E-state index >= 15 is 0 Å². The standard InChI is InChI=1S/C16H20N2O3S/c1-5-17-15(19)12-9-22-16(18-12)11-6-7-13(21-10(2)3)14(8-11)20-4/h6-10H,5H2,1-4H3,(H,17,19). The number of benzene rings is 1. The van der Waals surface area contributed by atoms with Gasteiger partial charge in [0.1, 0.15) is 10.7 Å². The predicted molar refractivity (Wildman–Crippen MR) is 87.9 cm³/mol. The van der Waals surface area contributed by atoms with Crippen LogP contribution in [0.1, 0.15) is 31.3 Å². The van der Waals surface area contributed by atoms with Crippen molar-refractivity contribution in [2.45, 2.75) is 26.9 Å². The molecular weight excluding hydrogens is 300 g/mol. The summed E-state index contributed by atoms with van der Waals surface area (Å²) in [6, 6.07) is 5.65. The highest BCUT2D eigenvalue weighted by molar-refractivity contribution is 7.13. The van der Waals surface area contributed by atoms with Gasteiger partial charge in [0, 0.05) is 17.5 Å². The molecule has 0 atom stereocenters. The van der Waals surface area contributed by atoms with Crippen molar-refractivity contribution in [3.8, 4) is 22.1 Å². The molecule has 0 bridgehead atoms. The van der Waals surface area contributed by atoms with Crippen LogP contribution in [0.5, 0.6) is 11.5 Å². The molecule has 0 fully saturated rings. The second-order valence-corrected chi connectivity index (χ2v) is 5.79. The summed E-state index contributed by atoms with van der Waals surface area (Å²) in [5.74, 6) is 1.19. The first-order valence-corrected chi connectivity index (χ1v) is 8.02. The summed E-state index contributed by atoms with van der Waals surface area (Å²) >= 11 is 1.43. The van der Waals surface area contributed by atoms with Gasteiger partial charge in [0.05, 0.1) is 13.2 Å². The lowest BCUT2D eigenvalue weighted by atomic mass is 10.2. The van der Waals surface area contributed by atoms with Gasteiger partial charge in [-0.2, -0.15) is 0 Å². The summed E-state index contributed by atoms with van der Waals surface area (Å²) in [6.07, 6.45) is 0.0731. The monoisotopic (exact) mass is 320 g/mol. The van der Waals surface area contributed by atoms with Gasteiger partial charge in [0.15, 0.2) is 11.5 Å². The summed E-state index contributed by atoms with van der Waals surface area (Å²) < 4.78 is 11.1. The number of hydrogen-bond donors (Lipinski definition) is 1. The van der Waals surface area contributed by atoms with Gasteiger partial charge in [-0.25, -0.2) is 4.98 Å². The largest absolute Gasteiger partial charge is 0.493 e. The third kappa shape index (κ3) is 3.76. The Morgan fingerprint density at radius 3 is 2.77 bits per heavy atom. The van der Waals surface area contributed by atoms with Gasteiger partial charge in [-0.05, 0) is 39.0 Å². The molecule has 0 saturated carbocycles. The number of methoxy groups -OCH3 is 1. The van der Waals surface area contributed by atoms with Crippen LogP contribution in [0, 0.1) is 0 Å². The van der Waals surface area contributed by atoms with E-state index in [1.54, 1.807) is 12.5 Å². The number of rotatable bonds is 6. The number of aromatic nitrogens is 1. The smallest absolute Gasteiger partial charge is 0.270 e. The number of ether oxygens (including phenoxy) is 2. The highest BCUT2D eigenvalue weighted by Gasteiger charge is 2.13. The Bertz CT molecular complexity index is 653. The Balaban J connectivity index is 2.27. The van der Waals surface area contributed by atoms with E-state index in [1.807, 2.05) is 39.0 Å². The maximum Gasteiger partial charge on any atom is 0.270 e. The molecule has 1 N–H and O–H groups in total. The number of amides is 1. The van der Waals surface area contributed by atoms with Crippen molar-refractivity contribution in [3.05, 3.63) is 29.3 Å². The molecule has 1 amide bonds. The maximum atomic E-state index is 11.8. The lowest BCUT2D eigenvalue weighted by molar-refractivity contribution is 0.0951. The maximum absolute atomic E-state index is 11.8. The molecule has 2 aromatic rings. The van der Waals surface area contributed by atoms with Crippen LogP contribution in [0.15, 0.2) is 23.6 Å². The minimum absolute atomic E-state index is 0.0731. The molecule has 1 aromatic heterocycles. The topological polar surface area (TPSA) is 60.5 Å². The molecule has 0 unspecified atom stereocenters. The number of thiazole rings is 1. The van der Waals surface area contributed by atoms with Crippen LogP contribution < -0.4 is 14.8 Å². The Morgan fingerprint density at radius 1 is 1.36 bits per heavy atom. The fourth-order valence-electron chi connectivity index (χ4n) is 1.91. The fraction of sp³-hybridized carbons (Fsp3) is 0.375. The van der Waals surface area contributed by atoms with Gasteiger partial charge >= 0.3 is 0 Å². The Hall–Kier alpha value is -2.08. The van der Waals surface area contributed by atoms with E-state index in [9.17, 15) is 4.79 Å². The zero-order valence-electron chi connectivity index (χ0n) is 13.2. The van der Waals surface area contributed by atoms with Gasteiger partial charge in [0.2, 0.25) is 0 Å². The molecule has 0 radical (unpaired) electrons. The van der Waals surface area contributed by atoms with Crippen molar-refractivity contribution in [2.75, 3.05) is 13.7 Å². The Labute approximate surface area is 134 Å². The van der Waals surface area contributed by atoms with Gasteiger partial charge in [-0.1, -0.05) is 0 Å². The molecular formula is C16H20N2O3S. The summed E-state index contributed by atoms with van der Waals surface area (Å²) in [7, 11) is 1.61. The third-order valence-corrected chi connectivity index (χ3v) is 3.74. The van der Waals surface area contributed by atoms with E-state index < -0.39 is 0 Å². The molecule has 1 heterocycles. The fourth-order valence-corrected chi connectivity index (χ4v) is 2.71. The first-order valence-electron chi connectivity index (χ1n) is 7.14. The lowest BCUT2D eigenvalue weighted by Gasteiger charge is -2.14. The van der Waals surface area contributed by atoms with Crippen molar-refractivity contribution in [2.24, 2.45) is 0 Å². The normalized spacial score (nSPS) is 10.6. The molecule has 1 aromatic carbocycles. The van der Waals surface area contributed by atoms with Gasteiger partial charge in [0.25, 0.3) is 5.91 Å². The molecule has 0 saturated heterocycles. The van der Waals surface area contributed by atoms with Crippen molar-refractivity contribution >= 4 is 17.2 Å². The average molecular weight is 320 g/mol. The molecule has 2 rings (SSSR count). The first kappa shape index (κ1) is 16.3. The number of nitrogens with one attached hydrogen (secondary N) is 1. The zero-order chi connectivity index (χ0) is 16.1. The van der Waals surface area contributed by atoms with Gasteiger partial charge in [-0.3, -0.25) is 4.79 Å². The molecule has 0 spiro atoms. The number of hydrogen-bond acceptors (Lipinski definition) is 5. The van der Waals surface area contributed by atoms with Gasteiger partial charge < -0.3 is 14.8 Å². The first-order chi connectivity index (χ1) is 10.5. The second-order valence-electron chi connectivity index (χ2n) is 4.93. The predicted octanol–water partition coefficient (Wildman–Crippen LogP) is 3.36. The van der Waals surface area contributed by atoms with E-state index in [2.05, 4.69) is 10.3 Å². The van der Waals surface area contributed by atoms with Crippen LogP contribution >= 0.6 is 11.3 Å². The minimum atomic E-state index is -0.156. The van der Waals surface area contributed by atoms with Crippen molar-refractivity contribution in [3.63, 3.8) is 0 Å². The van der Waals surface area contributed by atoms with Crippen molar-refractivity contribution in [1.82, 2.24) is 10.3 Å². The van der Waals surface area contributed by atoms with E-state index in [-0.39, 0.29) is 12.0 Å². The SMILES string of the molecule is CCNC(=O)c1csc(-c2ccc(OC(C)C)c(OC)c2)n1. The van der Waals surface area contributed by atoms with E-state index in [4.69, 9.17) is 9.47 Å². The molecule has 0 aliphatic heterocycles. The summed E-state index contributed by atoms with van der Waals surface area (Å²) in [6.45, 7) is 6.39. The summed E-state index contributed by atoms with van der Waals surface area (Å²) in [5.41, 5.74) is 1.33. The van der Waals surface area contributed by atoms with Crippen LogP contribution in [-0.2, 0) is 0 Å². The quantitative estimate of drug-likeness (QED) is 0.886. The van der Waals surface area contributed by atoms with Crippen LogP contribution in [0.2, 0.25) is 0 Å². The average Bonchev–Trinajstić information content (AvgIpc) is 2.97. The van der Waals surface area contributed by atoms with Crippen LogP contribution in [0.3, 0.4) is 0 Å². The highest BCUT2D eigenvalue weighted by atomic mass is 32.1. The number of carbonyl (C=O) groups is 1. The Kier molecular flexibility index (Phi) is 5.38. The minimum Gasteiger partial charge on any atom is -0.493 e. The molecule has 5 nitrogen and oxygen atoms in total. The highest BCUT2D eigenvalue weighted by Crippen LogP contribution is 2.34. The summed E-state index contributed by atoms with van der Waals surface area (Å²) in [4.78, 5) is 16.2. The van der Waals surface area contributed by atoms with Crippen molar-refractivity contribution < 1.29 is 14.3 Å². The van der Waals surface area contributed by atoms with E-state index in [0.717, 1.165) is 10.6 Å². The van der Waals surface area contributed by atoms with Crippen LogP contribution in [0.25, 0.3) is 10.6 Å². The Morgan fingerprint density at radius 2 is 2.14 bits per heavy atom. The van der Waals surface area contributed by atoms with Crippen molar-refractivity contribution in [1.29, 1.82) is 0 Å². The number of carbonyl (C=O) groups excluding carboxylic acids is 1. The molecule has 0 aliphatic rings. The molecule has 6 heteroatoms. The molecule has 0 aliphatic carbocycles. The molecule has 118 valence electrons. The van der Waals surface area contributed by atoms with E-state index in [0.29, 0.717) is 23.7 Å². The molecule has 22 heavy (non-hydrogen) atoms. The lowest BCUT2D eigenvalue weighted by Crippen LogP contribution is -2.22. The second kappa shape index (κ2) is 7.26. The summed E-state index contributed by atoms with van der Waals surface area (Å²) in [5, 5.41) is 5.27. The zero-order valence-corrected chi connectivity index (χ0v) is 14.0. The van der Waals surface area contributed by atoms with Crippen LogP contribution in [-0.4, -0.2) is 30.6 Å².